The van der Waals surface area contributed by atoms with Gasteiger partial charge in [0.25, 0.3) is 0 Å². The molecule has 1 saturated heterocycles. The Morgan fingerprint density at radius 3 is 3.00 bits per heavy atom. The minimum absolute atomic E-state index is 0.0721. The van der Waals surface area contributed by atoms with Crippen molar-refractivity contribution in [3.8, 4) is 0 Å². The molecule has 2 atom stereocenters. The first-order chi connectivity index (χ1) is 12.6. The van der Waals surface area contributed by atoms with Crippen molar-refractivity contribution in [3.05, 3.63) is 18.3 Å². The molecular weight excluding hydrogens is 338 g/mol. The lowest BCUT2D eigenvalue weighted by Gasteiger charge is -2.29. The number of amides is 3. The smallest absolute Gasteiger partial charge is 0.248 e. The Bertz CT molecular complexity index is 612. The summed E-state index contributed by atoms with van der Waals surface area (Å²) in [5, 5.41) is 20.2. The van der Waals surface area contributed by atoms with E-state index in [4.69, 9.17) is 0 Å². The van der Waals surface area contributed by atoms with Crippen molar-refractivity contribution in [3.63, 3.8) is 0 Å². The highest BCUT2D eigenvalue weighted by molar-refractivity contribution is 5.97. The Morgan fingerprint density at radius 1 is 1.54 bits per heavy atom. The van der Waals surface area contributed by atoms with Crippen LogP contribution in [-0.4, -0.2) is 62.7 Å². The van der Waals surface area contributed by atoms with Crippen LogP contribution < -0.4 is 5.32 Å². The second-order valence-electron chi connectivity index (χ2n) is 6.35. The fraction of sp³-hybridized carbons (Fsp3) is 0.588. The number of anilines is 1. The Hall–Kier alpha value is -2.55. The molecule has 2 heterocycles. The Balaban J connectivity index is 2.06. The maximum absolute atomic E-state index is 12.9. The van der Waals surface area contributed by atoms with E-state index >= 15 is 0 Å². The summed E-state index contributed by atoms with van der Waals surface area (Å²) in [7, 11) is 0. The first-order valence-electron chi connectivity index (χ1n) is 8.86. The third kappa shape index (κ3) is 5.22. The number of hydroxylamine groups is 2. The number of nitrogens with zero attached hydrogens (tertiary/aromatic N) is 4. The van der Waals surface area contributed by atoms with Gasteiger partial charge in [-0.2, -0.15) is 5.10 Å². The monoisotopic (exact) mass is 363 g/mol. The Morgan fingerprint density at radius 2 is 2.35 bits per heavy atom. The highest BCUT2D eigenvalue weighted by Crippen LogP contribution is 2.23. The van der Waals surface area contributed by atoms with E-state index in [2.05, 4.69) is 15.5 Å². The molecule has 0 radical (unpaired) electrons. The van der Waals surface area contributed by atoms with E-state index in [0.717, 1.165) is 19.3 Å². The van der Waals surface area contributed by atoms with Gasteiger partial charge in [0.1, 0.15) is 6.04 Å². The predicted molar refractivity (Wildman–Crippen MR) is 93.0 cm³/mol. The maximum Gasteiger partial charge on any atom is 0.248 e. The molecule has 1 aliphatic rings. The minimum Gasteiger partial charge on any atom is -0.330 e. The molecule has 3 amide bonds. The zero-order valence-electron chi connectivity index (χ0n) is 14.9. The van der Waals surface area contributed by atoms with Crippen molar-refractivity contribution >= 4 is 24.0 Å². The van der Waals surface area contributed by atoms with Crippen molar-refractivity contribution < 1.29 is 19.6 Å². The molecule has 0 aliphatic carbocycles. The Labute approximate surface area is 152 Å². The van der Waals surface area contributed by atoms with Gasteiger partial charge in [-0.1, -0.05) is 19.8 Å². The highest BCUT2D eigenvalue weighted by Gasteiger charge is 2.37. The molecule has 0 bridgehead atoms. The number of unbranched alkanes of at least 4 members (excludes halogenated alkanes) is 1. The van der Waals surface area contributed by atoms with Crippen molar-refractivity contribution in [2.45, 2.75) is 45.1 Å². The average Bonchev–Trinajstić information content (AvgIpc) is 3.15. The van der Waals surface area contributed by atoms with Crippen LogP contribution >= 0.6 is 0 Å². The molecule has 9 heteroatoms. The van der Waals surface area contributed by atoms with Crippen LogP contribution in [0.25, 0.3) is 0 Å². The fourth-order valence-electron chi connectivity index (χ4n) is 3.13. The van der Waals surface area contributed by atoms with Gasteiger partial charge >= 0.3 is 0 Å². The second kappa shape index (κ2) is 9.81. The number of likely N-dealkylation sites (tertiary alicyclic amines) is 1. The van der Waals surface area contributed by atoms with E-state index in [0.29, 0.717) is 30.3 Å². The molecule has 1 aliphatic heterocycles. The largest absolute Gasteiger partial charge is 0.330 e. The summed E-state index contributed by atoms with van der Waals surface area (Å²) in [6.07, 6.45) is 5.33. The van der Waals surface area contributed by atoms with E-state index < -0.39 is 12.0 Å². The van der Waals surface area contributed by atoms with Gasteiger partial charge in [0.2, 0.25) is 18.2 Å². The summed E-state index contributed by atoms with van der Waals surface area (Å²) in [5.41, 5.74) is 0. The van der Waals surface area contributed by atoms with Crippen molar-refractivity contribution in [2.24, 2.45) is 5.92 Å². The molecule has 2 N–H and O–H groups in total. The molecule has 1 unspecified atom stereocenters. The molecule has 0 aromatic carbocycles. The second-order valence-corrected chi connectivity index (χ2v) is 6.35. The summed E-state index contributed by atoms with van der Waals surface area (Å²) >= 11 is 0. The van der Waals surface area contributed by atoms with Gasteiger partial charge < -0.3 is 10.2 Å². The van der Waals surface area contributed by atoms with Crippen LogP contribution in [0.5, 0.6) is 0 Å². The number of nitrogens with one attached hydrogen (secondary N) is 1. The maximum atomic E-state index is 12.9. The summed E-state index contributed by atoms with van der Waals surface area (Å²) in [4.78, 5) is 37.7. The number of carbonyl (C=O) groups is 3. The van der Waals surface area contributed by atoms with Gasteiger partial charge in [0.15, 0.2) is 5.82 Å². The molecule has 0 spiro atoms. The number of carbonyl (C=O) groups excluding carboxylic acids is 3. The summed E-state index contributed by atoms with van der Waals surface area (Å²) in [5.74, 6) is -0.713. The number of aromatic nitrogens is 2. The molecule has 1 aromatic rings. The fourth-order valence-corrected chi connectivity index (χ4v) is 3.13. The third-order valence-corrected chi connectivity index (χ3v) is 4.45. The van der Waals surface area contributed by atoms with Crippen LogP contribution in [-0.2, 0) is 14.4 Å². The molecule has 9 nitrogen and oxygen atoms in total. The first-order valence-corrected chi connectivity index (χ1v) is 8.86. The number of hydrogen-bond acceptors (Lipinski definition) is 6. The van der Waals surface area contributed by atoms with E-state index in [1.54, 1.807) is 17.0 Å². The van der Waals surface area contributed by atoms with Crippen LogP contribution in [0.1, 0.15) is 39.0 Å². The molecule has 2 rings (SSSR count). The lowest BCUT2D eigenvalue weighted by atomic mass is 9.99. The molecule has 142 valence electrons. The van der Waals surface area contributed by atoms with Gasteiger partial charge in [0.05, 0.1) is 12.5 Å². The SMILES string of the molecule is CCCCC(CN(O)C=O)C(=O)N1CCC[C@H]1C(=O)Nc1cccnn1. The van der Waals surface area contributed by atoms with E-state index in [9.17, 15) is 19.6 Å². The standard InChI is InChI=1S/C17H25N5O4/c1-2-3-6-13(11-21(26)12-23)17(25)22-10-5-7-14(22)16(24)19-15-8-4-9-18-20-15/h4,8-9,12-14,26H,2-3,5-7,10-11H2,1H3,(H,19,20,24)/t13?,14-/m0/s1. The minimum atomic E-state index is -0.586. The lowest BCUT2D eigenvalue weighted by molar-refractivity contribution is -0.157. The predicted octanol–water partition coefficient (Wildman–Crippen LogP) is 1.06. The van der Waals surface area contributed by atoms with Crippen molar-refractivity contribution in [2.75, 3.05) is 18.4 Å². The zero-order valence-corrected chi connectivity index (χ0v) is 14.9. The third-order valence-electron chi connectivity index (χ3n) is 4.45. The summed E-state index contributed by atoms with van der Waals surface area (Å²) in [6, 6.07) is 2.71. The molecule has 1 fully saturated rings. The average molecular weight is 363 g/mol. The first kappa shape index (κ1) is 19.8. The van der Waals surface area contributed by atoms with Gasteiger partial charge in [-0.25, -0.2) is 5.06 Å². The molecule has 0 saturated carbocycles. The summed E-state index contributed by atoms with van der Waals surface area (Å²) < 4.78 is 0. The van der Waals surface area contributed by atoms with Crippen LogP contribution in [0.2, 0.25) is 0 Å². The summed E-state index contributed by atoms with van der Waals surface area (Å²) in [6.45, 7) is 2.41. The quantitative estimate of drug-likeness (QED) is 0.385. The van der Waals surface area contributed by atoms with Crippen molar-refractivity contribution in [1.29, 1.82) is 0 Å². The van der Waals surface area contributed by atoms with E-state index in [1.807, 2.05) is 6.92 Å². The topological polar surface area (TPSA) is 116 Å². The lowest BCUT2D eigenvalue weighted by Crippen LogP contribution is -2.47. The van der Waals surface area contributed by atoms with E-state index in [1.165, 1.54) is 6.20 Å². The van der Waals surface area contributed by atoms with Gasteiger partial charge in [0, 0.05) is 12.7 Å². The number of hydrogen-bond donors (Lipinski definition) is 2. The van der Waals surface area contributed by atoms with Gasteiger partial charge in [-0.05, 0) is 31.4 Å². The molecular formula is C17H25N5O4. The highest BCUT2D eigenvalue weighted by atomic mass is 16.5. The number of rotatable bonds is 9. The zero-order chi connectivity index (χ0) is 18.9. The van der Waals surface area contributed by atoms with Gasteiger partial charge in [-0.3, -0.25) is 19.6 Å². The van der Waals surface area contributed by atoms with Crippen LogP contribution in [0.3, 0.4) is 0 Å². The molecule has 1 aromatic heterocycles. The van der Waals surface area contributed by atoms with E-state index in [-0.39, 0.29) is 24.8 Å². The normalized spacial score (nSPS) is 17.6. The van der Waals surface area contributed by atoms with Crippen LogP contribution in [0.15, 0.2) is 18.3 Å². The van der Waals surface area contributed by atoms with Crippen molar-refractivity contribution in [1.82, 2.24) is 20.2 Å². The van der Waals surface area contributed by atoms with Crippen LogP contribution in [0, 0.1) is 5.92 Å². The Kier molecular flexibility index (Phi) is 7.46. The van der Waals surface area contributed by atoms with Crippen LogP contribution in [0.4, 0.5) is 5.82 Å². The van der Waals surface area contributed by atoms with Gasteiger partial charge in [-0.15, -0.1) is 5.10 Å². The molecule has 26 heavy (non-hydrogen) atoms.